The van der Waals surface area contributed by atoms with E-state index in [0.717, 1.165) is 16.6 Å². The monoisotopic (exact) mass is 403 g/mol. The molecule has 4 nitrogen and oxygen atoms in total. The number of nitrogens with zero attached hydrogens (tertiary/aromatic N) is 2. The molecule has 3 aromatic rings. The molecule has 0 fully saturated rings. The molecule has 0 atom stereocenters. The number of hydrogen-bond donors (Lipinski definition) is 1. The van der Waals surface area contributed by atoms with Crippen LogP contribution >= 0.6 is 0 Å². The van der Waals surface area contributed by atoms with Gasteiger partial charge in [-0.25, -0.2) is 4.98 Å². The van der Waals surface area contributed by atoms with Gasteiger partial charge in [-0.2, -0.15) is 13.2 Å². The van der Waals surface area contributed by atoms with Crippen LogP contribution in [0.15, 0.2) is 42.5 Å². The Bertz CT molecular complexity index is 1010. The smallest absolute Gasteiger partial charge is 0.356 e. The Morgan fingerprint density at radius 3 is 2.59 bits per heavy atom. The minimum absolute atomic E-state index is 0.0833. The maximum absolute atomic E-state index is 13.3. The molecule has 0 saturated heterocycles. The van der Waals surface area contributed by atoms with Crippen molar-refractivity contribution in [2.24, 2.45) is 0 Å². The number of imidazole rings is 1. The van der Waals surface area contributed by atoms with Crippen molar-refractivity contribution >= 4 is 16.9 Å². The van der Waals surface area contributed by atoms with Gasteiger partial charge in [-0.15, -0.1) is 0 Å². The minimum atomic E-state index is -4.53. The first-order chi connectivity index (χ1) is 13.8. The van der Waals surface area contributed by atoms with Gasteiger partial charge in [0, 0.05) is 19.5 Å². The number of carbonyl (C=O) groups excluding carboxylic acids is 1. The lowest BCUT2D eigenvalue weighted by molar-refractivity contribution is -0.146. The van der Waals surface area contributed by atoms with E-state index in [0.29, 0.717) is 24.0 Å². The van der Waals surface area contributed by atoms with E-state index in [1.54, 1.807) is 24.3 Å². The zero-order valence-electron chi connectivity index (χ0n) is 16.5. The highest BCUT2D eigenvalue weighted by Crippen LogP contribution is 2.31. The molecule has 29 heavy (non-hydrogen) atoms. The van der Waals surface area contributed by atoms with Crippen LogP contribution in [0, 0.1) is 13.8 Å². The molecule has 0 aliphatic rings. The van der Waals surface area contributed by atoms with Crippen molar-refractivity contribution in [2.75, 3.05) is 6.54 Å². The van der Waals surface area contributed by atoms with Crippen LogP contribution in [-0.4, -0.2) is 22.0 Å². The van der Waals surface area contributed by atoms with Gasteiger partial charge in [0.05, 0.1) is 11.0 Å². The second-order valence-electron chi connectivity index (χ2n) is 7.20. The Balaban J connectivity index is 1.53. The molecule has 1 N–H and O–H groups in total. The number of aromatic nitrogens is 2. The molecule has 0 saturated carbocycles. The van der Waals surface area contributed by atoms with Crippen molar-refractivity contribution in [2.45, 2.75) is 45.8 Å². The van der Waals surface area contributed by atoms with Crippen molar-refractivity contribution in [3.05, 3.63) is 65.0 Å². The summed E-state index contributed by atoms with van der Waals surface area (Å²) in [5.41, 5.74) is 4.31. The van der Waals surface area contributed by atoms with Gasteiger partial charge in [0.15, 0.2) is 0 Å². The van der Waals surface area contributed by atoms with Crippen molar-refractivity contribution in [3.63, 3.8) is 0 Å². The van der Waals surface area contributed by atoms with Gasteiger partial charge in [-0.1, -0.05) is 30.3 Å². The summed E-state index contributed by atoms with van der Waals surface area (Å²) in [6.45, 7) is 4.68. The van der Waals surface area contributed by atoms with E-state index in [9.17, 15) is 18.0 Å². The maximum Gasteiger partial charge on any atom is 0.449 e. The zero-order chi connectivity index (χ0) is 21.0. The van der Waals surface area contributed by atoms with E-state index >= 15 is 0 Å². The average Bonchev–Trinajstić information content (AvgIpc) is 3.04. The first kappa shape index (κ1) is 20.9. The van der Waals surface area contributed by atoms with Crippen LogP contribution < -0.4 is 5.32 Å². The molecule has 0 spiro atoms. The number of halogens is 3. The van der Waals surface area contributed by atoms with Gasteiger partial charge in [-0.3, -0.25) is 4.79 Å². The lowest BCUT2D eigenvalue weighted by Crippen LogP contribution is -2.26. The van der Waals surface area contributed by atoms with E-state index in [2.05, 4.69) is 29.4 Å². The van der Waals surface area contributed by atoms with Gasteiger partial charge in [0.2, 0.25) is 11.7 Å². The third-order valence-corrected chi connectivity index (χ3v) is 5.00. The van der Waals surface area contributed by atoms with Crippen molar-refractivity contribution in [1.82, 2.24) is 14.9 Å². The fraction of sp³-hybridized carbons (Fsp3) is 0.364. The molecule has 7 heteroatoms. The fourth-order valence-electron chi connectivity index (χ4n) is 3.31. The fourth-order valence-corrected chi connectivity index (χ4v) is 3.31. The Morgan fingerprint density at radius 2 is 1.86 bits per heavy atom. The number of fused-ring (bicyclic) bond motifs is 1. The topological polar surface area (TPSA) is 46.9 Å². The van der Waals surface area contributed by atoms with Crippen LogP contribution in [0.1, 0.15) is 35.4 Å². The van der Waals surface area contributed by atoms with Gasteiger partial charge < -0.3 is 9.88 Å². The molecule has 1 amide bonds. The summed E-state index contributed by atoms with van der Waals surface area (Å²) in [4.78, 5) is 15.8. The SMILES string of the molecule is Cc1ccc(CCNC(=O)CCCn2c(C(F)(F)F)nc3ccccc32)cc1C. The Morgan fingerprint density at radius 1 is 1.10 bits per heavy atom. The number of benzene rings is 2. The summed E-state index contributed by atoms with van der Waals surface area (Å²) >= 11 is 0. The summed E-state index contributed by atoms with van der Waals surface area (Å²) in [5.74, 6) is -1.08. The first-order valence-electron chi connectivity index (χ1n) is 9.61. The Kier molecular flexibility index (Phi) is 6.25. The second kappa shape index (κ2) is 8.68. The van der Waals surface area contributed by atoms with Gasteiger partial charge in [-0.05, 0) is 55.5 Å². The van der Waals surface area contributed by atoms with E-state index < -0.39 is 12.0 Å². The molecule has 2 aromatic carbocycles. The van der Waals surface area contributed by atoms with Crippen LogP contribution in [0.3, 0.4) is 0 Å². The summed E-state index contributed by atoms with van der Waals surface area (Å²) in [6.07, 6.45) is -3.35. The molecular weight excluding hydrogens is 379 g/mol. The quantitative estimate of drug-likeness (QED) is 0.615. The predicted octanol–water partition coefficient (Wildman–Crippen LogP) is 4.81. The number of carbonyl (C=O) groups is 1. The van der Waals surface area contributed by atoms with E-state index in [4.69, 9.17) is 0 Å². The third-order valence-electron chi connectivity index (χ3n) is 5.00. The highest BCUT2D eigenvalue weighted by Gasteiger charge is 2.37. The molecule has 0 bridgehead atoms. The Hall–Kier alpha value is -2.83. The number of alkyl halides is 3. The number of nitrogens with one attached hydrogen (secondary N) is 1. The molecule has 154 valence electrons. The lowest BCUT2D eigenvalue weighted by atomic mass is 10.0. The molecule has 1 aromatic heterocycles. The standard InChI is InChI=1S/C22H24F3N3O/c1-15-9-10-17(14-16(15)2)11-12-26-20(29)8-5-13-28-19-7-4-3-6-18(19)27-21(28)22(23,24)25/h3-4,6-7,9-10,14H,5,8,11-13H2,1-2H3,(H,26,29). The summed E-state index contributed by atoms with van der Waals surface area (Å²) in [5, 5.41) is 2.84. The average molecular weight is 403 g/mol. The van der Waals surface area contributed by atoms with E-state index in [1.165, 1.54) is 11.1 Å². The van der Waals surface area contributed by atoms with Crippen LogP contribution in [-0.2, 0) is 23.9 Å². The van der Waals surface area contributed by atoms with Gasteiger partial charge in [0.25, 0.3) is 0 Å². The maximum atomic E-state index is 13.3. The molecule has 3 rings (SSSR count). The number of rotatable bonds is 7. The van der Waals surface area contributed by atoms with E-state index in [-0.39, 0.29) is 18.9 Å². The highest BCUT2D eigenvalue weighted by atomic mass is 19.4. The number of hydrogen-bond acceptors (Lipinski definition) is 2. The molecule has 0 radical (unpaired) electrons. The normalized spacial score (nSPS) is 11.8. The van der Waals surface area contributed by atoms with E-state index in [1.807, 2.05) is 13.0 Å². The van der Waals surface area contributed by atoms with Crippen molar-refractivity contribution in [3.8, 4) is 0 Å². The third kappa shape index (κ3) is 5.16. The second-order valence-corrected chi connectivity index (χ2v) is 7.20. The summed E-state index contributed by atoms with van der Waals surface area (Å²) in [7, 11) is 0. The number of para-hydroxylation sites is 2. The molecule has 0 aliphatic heterocycles. The molecule has 1 heterocycles. The summed E-state index contributed by atoms with van der Waals surface area (Å²) < 4.78 is 41.0. The lowest BCUT2D eigenvalue weighted by Gasteiger charge is -2.11. The molecule has 0 unspecified atom stereocenters. The Labute approximate surface area is 167 Å². The van der Waals surface area contributed by atoms with Crippen LogP contribution in [0.5, 0.6) is 0 Å². The first-order valence-corrected chi connectivity index (χ1v) is 9.61. The van der Waals surface area contributed by atoms with Gasteiger partial charge in [0.1, 0.15) is 0 Å². The van der Waals surface area contributed by atoms with Crippen LogP contribution in [0.25, 0.3) is 11.0 Å². The largest absolute Gasteiger partial charge is 0.449 e. The van der Waals surface area contributed by atoms with Crippen LogP contribution in [0.4, 0.5) is 13.2 Å². The van der Waals surface area contributed by atoms with Crippen molar-refractivity contribution in [1.29, 1.82) is 0 Å². The van der Waals surface area contributed by atoms with Crippen LogP contribution in [0.2, 0.25) is 0 Å². The number of amides is 1. The minimum Gasteiger partial charge on any atom is -0.356 e. The molecule has 0 aliphatic carbocycles. The molecular formula is C22H24F3N3O. The van der Waals surface area contributed by atoms with Gasteiger partial charge >= 0.3 is 6.18 Å². The highest BCUT2D eigenvalue weighted by molar-refractivity contribution is 5.77. The predicted molar refractivity (Wildman–Crippen MR) is 107 cm³/mol. The number of aryl methyl sites for hydroxylation is 3. The zero-order valence-corrected chi connectivity index (χ0v) is 16.5. The van der Waals surface area contributed by atoms with Crippen molar-refractivity contribution < 1.29 is 18.0 Å². The summed E-state index contributed by atoms with van der Waals surface area (Å²) in [6, 6.07) is 12.7.